The summed E-state index contributed by atoms with van der Waals surface area (Å²) in [5.74, 6) is -0.723. The number of hydrogen-bond acceptors (Lipinski definition) is 3. The standard InChI is InChI=1S/C10H10NO3/c1-11-9(12)7-3-5-8(6-4-7)10(13)14-2/h3-6H,1-2H3. The fourth-order valence-corrected chi connectivity index (χ4v) is 0.996. The summed E-state index contributed by atoms with van der Waals surface area (Å²) in [5, 5.41) is 3.50. The summed E-state index contributed by atoms with van der Waals surface area (Å²) >= 11 is 0. The zero-order valence-electron chi connectivity index (χ0n) is 7.98. The number of esters is 1. The molecule has 14 heavy (non-hydrogen) atoms. The van der Waals surface area contributed by atoms with E-state index in [2.05, 4.69) is 10.1 Å². The van der Waals surface area contributed by atoms with Crippen molar-refractivity contribution in [3.63, 3.8) is 0 Å². The second-order valence-corrected chi connectivity index (χ2v) is 2.60. The highest BCUT2D eigenvalue weighted by molar-refractivity contribution is 5.95. The van der Waals surface area contributed by atoms with E-state index >= 15 is 0 Å². The van der Waals surface area contributed by atoms with Crippen molar-refractivity contribution in [2.24, 2.45) is 0 Å². The molecule has 0 atom stereocenters. The van der Waals surface area contributed by atoms with Crippen LogP contribution in [-0.2, 0) is 4.74 Å². The fourth-order valence-electron chi connectivity index (χ4n) is 0.996. The maximum Gasteiger partial charge on any atom is 0.337 e. The number of nitrogens with zero attached hydrogens (tertiary/aromatic N) is 1. The molecule has 0 aliphatic rings. The van der Waals surface area contributed by atoms with Gasteiger partial charge in [-0.15, -0.1) is 0 Å². The van der Waals surface area contributed by atoms with E-state index in [9.17, 15) is 9.59 Å². The smallest absolute Gasteiger partial charge is 0.337 e. The number of benzene rings is 1. The molecule has 0 N–H and O–H groups in total. The molecule has 0 fully saturated rings. The minimum atomic E-state index is -0.419. The summed E-state index contributed by atoms with van der Waals surface area (Å²) in [6, 6.07) is 6.15. The molecule has 1 radical (unpaired) electrons. The molecule has 1 aromatic rings. The van der Waals surface area contributed by atoms with Gasteiger partial charge in [-0.1, -0.05) is 0 Å². The second-order valence-electron chi connectivity index (χ2n) is 2.60. The Bertz CT molecular complexity index is 308. The maximum atomic E-state index is 11.1. The summed E-state index contributed by atoms with van der Waals surface area (Å²) in [5.41, 5.74) is 0.875. The third-order valence-corrected chi connectivity index (χ3v) is 1.76. The number of rotatable bonds is 2. The van der Waals surface area contributed by atoms with Gasteiger partial charge in [0.2, 0.25) is 0 Å². The number of carbonyl (C=O) groups is 2. The van der Waals surface area contributed by atoms with Crippen molar-refractivity contribution in [3.05, 3.63) is 35.4 Å². The Morgan fingerprint density at radius 2 is 1.64 bits per heavy atom. The van der Waals surface area contributed by atoms with Crippen LogP contribution >= 0.6 is 0 Å². The van der Waals surface area contributed by atoms with Gasteiger partial charge in [0.25, 0.3) is 5.91 Å². The first-order valence-electron chi connectivity index (χ1n) is 4.01. The predicted molar refractivity (Wildman–Crippen MR) is 50.2 cm³/mol. The lowest BCUT2D eigenvalue weighted by atomic mass is 10.1. The molecule has 0 spiro atoms. The van der Waals surface area contributed by atoms with Crippen molar-refractivity contribution in [1.82, 2.24) is 5.32 Å². The molecule has 1 aromatic carbocycles. The minimum absolute atomic E-state index is 0.304. The molecule has 0 aliphatic heterocycles. The molecule has 1 rings (SSSR count). The molecule has 0 aromatic heterocycles. The summed E-state index contributed by atoms with van der Waals surface area (Å²) in [4.78, 5) is 22.1. The van der Waals surface area contributed by atoms with E-state index in [0.717, 1.165) is 0 Å². The summed E-state index contributed by atoms with van der Waals surface area (Å²) in [6.07, 6.45) is 0. The van der Waals surface area contributed by atoms with Crippen LogP contribution in [0.25, 0.3) is 0 Å². The van der Waals surface area contributed by atoms with Crippen LogP contribution in [0, 0.1) is 0 Å². The average molecular weight is 192 g/mol. The summed E-state index contributed by atoms with van der Waals surface area (Å²) < 4.78 is 4.52. The Balaban J connectivity index is 2.89. The van der Waals surface area contributed by atoms with Crippen LogP contribution in [0.4, 0.5) is 0 Å². The summed E-state index contributed by atoms with van der Waals surface area (Å²) in [6.45, 7) is 0. The van der Waals surface area contributed by atoms with Crippen molar-refractivity contribution >= 4 is 11.9 Å². The average Bonchev–Trinajstić information content (AvgIpc) is 2.27. The van der Waals surface area contributed by atoms with Gasteiger partial charge in [0.15, 0.2) is 0 Å². The largest absolute Gasteiger partial charge is 0.465 e. The van der Waals surface area contributed by atoms with Gasteiger partial charge in [0.05, 0.1) is 12.7 Å². The first-order chi connectivity index (χ1) is 6.69. The lowest BCUT2D eigenvalue weighted by Crippen LogP contribution is -2.10. The zero-order valence-corrected chi connectivity index (χ0v) is 7.98. The van der Waals surface area contributed by atoms with E-state index in [1.54, 1.807) is 12.1 Å². The van der Waals surface area contributed by atoms with E-state index in [0.29, 0.717) is 11.1 Å². The molecule has 0 bridgehead atoms. The maximum absolute atomic E-state index is 11.1. The Kier molecular flexibility index (Phi) is 3.23. The van der Waals surface area contributed by atoms with Crippen LogP contribution in [0.2, 0.25) is 0 Å². The van der Waals surface area contributed by atoms with E-state index in [-0.39, 0.29) is 5.91 Å². The summed E-state index contributed by atoms with van der Waals surface area (Å²) in [7, 11) is 2.74. The molecule has 0 unspecified atom stereocenters. The van der Waals surface area contributed by atoms with Gasteiger partial charge < -0.3 is 4.74 Å². The Morgan fingerprint density at radius 1 is 1.14 bits per heavy atom. The van der Waals surface area contributed by atoms with Gasteiger partial charge in [-0.3, -0.25) is 10.1 Å². The van der Waals surface area contributed by atoms with Crippen molar-refractivity contribution in [3.8, 4) is 0 Å². The highest BCUT2D eigenvalue weighted by Crippen LogP contribution is 2.05. The van der Waals surface area contributed by atoms with Crippen LogP contribution in [0.5, 0.6) is 0 Å². The molecule has 4 heteroatoms. The first kappa shape index (κ1) is 10.2. The minimum Gasteiger partial charge on any atom is -0.465 e. The Labute approximate surface area is 81.9 Å². The number of amides is 1. The molecule has 73 valence electrons. The Hall–Kier alpha value is -1.84. The molecule has 0 saturated carbocycles. The Morgan fingerprint density at radius 3 is 2.07 bits per heavy atom. The van der Waals surface area contributed by atoms with Gasteiger partial charge in [0, 0.05) is 12.6 Å². The van der Waals surface area contributed by atoms with Crippen molar-refractivity contribution in [2.45, 2.75) is 0 Å². The van der Waals surface area contributed by atoms with Crippen LogP contribution in [0.15, 0.2) is 24.3 Å². The first-order valence-corrected chi connectivity index (χ1v) is 4.01. The molecular weight excluding hydrogens is 182 g/mol. The van der Waals surface area contributed by atoms with Gasteiger partial charge in [-0.05, 0) is 24.3 Å². The lowest BCUT2D eigenvalue weighted by molar-refractivity contribution is 0.0600. The molecular formula is C10H10NO3. The highest BCUT2D eigenvalue weighted by atomic mass is 16.5. The van der Waals surface area contributed by atoms with Gasteiger partial charge >= 0.3 is 5.97 Å². The number of methoxy groups -OCH3 is 1. The lowest BCUT2D eigenvalue weighted by Gasteiger charge is -2.00. The third kappa shape index (κ3) is 2.10. The van der Waals surface area contributed by atoms with E-state index in [1.165, 1.54) is 26.3 Å². The second kappa shape index (κ2) is 4.41. The third-order valence-electron chi connectivity index (χ3n) is 1.76. The van der Waals surface area contributed by atoms with Gasteiger partial charge in [-0.2, -0.15) is 0 Å². The zero-order chi connectivity index (χ0) is 10.6. The van der Waals surface area contributed by atoms with Crippen molar-refractivity contribution in [2.75, 3.05) is 14.2 Å². The van der Waals surface area contributed by atoms with E-state index < -0.39 is 5.97 Å². The number of ether oxygens (including phenoxy) is 1. The van der Waals surface area contributed by atoms with Gasteiger partial charge in [-0.25, -0.2) is 4.79 Å². The van der Waals surface area contributed by atoms with Crippen molar-refractivity contribution in [1.29, 1.82) is 0 Å². The molecule has 1 amide bonds. The van der Waals surface area contributed by atoms with Crippen LogP contribution < -0.4 is 5.32 Å². The highest BCUT2D eigenvalue weighted by Gasteiger charge is 2.07. The molecule has 0 aliphatic carbocycles. The molecule has 4 nitrogen and oxygen atoms in total. The number of carbonyl (C=O) groups excluding carboxylic acids is 2. The van der Waals surface area contributed by atoms with E-state index in [4.69, 9.17) is 0 Å². The van der Waals surface area contributed by atoms with Gasteiger partial charge in [0.1, 0.15) is 0 Å². The molecule has 0 heterocycles. The van der Waals surface area contributed by atoms with Crippen LogP contribution in [0.1, 0.15) is 20.7 Å². The quantitative estimate of drug-likeness (QED) is 0.652. The van der Waals surface area contributed by atoms with Crippen LogP contribution in [0.3, 0.4) is 0 Å². The predicted octanol–water partition coefficient (Wildman–Crippen LogP) is 0.848. The number of hydrogen-bond donors (Lipinski definition) is 0. The normalized spacial score (nSPS) is 9.29. The monoisotopic (exact) mass is 192 g/mol. The van der Waals surface area contributed by atoms with E-state index in [1.807, 2.05) is 0 Å². The molecule has 0 saturated heterocycles. The topological polar surface area (TPSA) is 57.5 Å². The van der Waals surface area contributed by atoms with Crippen LogP contribution in [-0.4, -0.2) is 26.0 Å². The SMILES string of the molecule is C[N]C(=O)c1ccc(C(=O)OC)cc1. The van der Waals surface area contributed by atoms with Crippen molar-refractivity contribution < 1.29 is 14.3 Å². The fraction of sp³-hybridized carbons (Fsp3) is 0.200.